The number of hydrogen-bond acceptors (Lipinski definition) is 5. The van der Waals surface area contributed by atoms with Crippen molar-refractivity contribution in [3.8, 4) is 0 Å². The van der Waals surface area contributed by atoms with Crippen LogP contribution in [0.15, 0.2) is 60.7 Å². The van der Waals surface area contributed by atoms with Crippen LogP contribution in [0.3, 0.4) is 0 Å². The molecule has 0 N–H and O–H groups in total. The van der Waals surface area contributed by atoms with Gasteiger partial charge in [-0.2, -0.15) is 5.06 Å². The first-order valence-corrected chi connectivity index (χ1v) is 10.3. The summed E-state index contributed by atoms with van der Waals surface area (Å²) in [5, 5.41) is 1.09. The zero-order chi connectivity index (χ0) is 21.8. The van der Waals surface area contributed by atoms with Crippen LogP contribution in [0.4, 0.5) is 4.79 Å². The minimum atomic E-state index is -0.729. The maximum atomic E-state index is 12.9. The molecule has 2 aromatic rings. The Bertz CT molecular complexity index is 937. The monoisotopic (exact) mass is 423 g/mol. The smallest absolute Gasteiger partial charge is 0.436 e. The molecule has 2 aliphatic heterocycles. The molecule has 0 radical (unpaired) electrons. The molecule has 2 heterocycles. The van der Waals surface area contributed by atoms with Gasteiger partial charge in [-0.1, -0.05) is 60.7 Å². The maximum absolute atomic E-state index is 12.9. The Labute approximate surface area is 180 Å². The summed E-state index contributed by atoms with van der Waals surface area (Å²) in [6, 6.07) is 18.5. The quantitative estimate of drug-likeness (QED) is 0.737. The van der Waals surface area contributed by atoms with Crippen LogP contribution in [0.5, 0.6) is 0 Å². The van der Waals surface area contributed by atoms with E-state index in [1.807, 2.05) is 60.7 Å². The molecule has 8 nitrogen and oxygen atoms in total. The molecule has 0 saturated carbocycles. The highest BCUT2D eigenvalue weighted by molar-refractivity contribution is 5.90. The van der Waals surface area contributed by atoms with Gasteiger partial charge < -0.3 is 14.5 Å². The first-order chi connectivity index (χ1) is 15.0. The van der Waals surface area contributed by atoms with Crippen molar-refractivity contribution in [3.63, 3.8) is 0 Å². The molecule has 8 heteroatoms. The molecule has 0 spiro atoms. The van der Waals surface area contributed by atoms with Crippen molar-refractivity contribution < 1.29 is 24.0 Å². The van der Waals surface area contributed by atoms with Crippen molar-refractivity contribution in [3.05, 3.63) is 71.8 Å². The highest BCUT2D eigenvalue weighted by Gasteiger charge is 2.48. The van der Waals surface area contributed by atoms with Gasteiger partial charge in [0.1, 0.15) is 12.6 Å². The van der Waals surface area contributed by atoms with Crippen LogP contribution in [0.2, 0.25) is 0 Å². The second-order valence-electron chi connectivity index (χ2n) is 7.62. The van der Waals surface area contributed by atoms with E-state index < -0.39 is 18.3 Å². The molecular formula is C23H25N3O5. The minimum absolute atomic E-state index is 0.0897. The van der Waals surface area contributed by atoms with Gasteiger partial charge in [0.2, 0.25) is 5.91 Å². The Kier molecular flexibility index (Phi) is 6.18. The lowest BCUT2D eigenvalue weighted by Gasteiger charge is -2.49. The number of ether oxygens (including phenoxy) is 1. The number of benzene rings is 2. The summed E-state index contributed by atoms with van der Waals surface area (Å²) in [5.41, 5.74) is 1.96. The number of fused-ring (bicyclic) bond motifs is 1. The summed E-state index contributed by atoms with van der Waals surface area (Å²) in [5.74, 6) is -0.458. The van der Waals surface area contributed by atoms with Crippen LogP contribution in [-0.4, -0.2) is 64.7 Å². The molecule has 2 aliphatic rings. The van der Waals surface area contributed by atoms with E-state index in [1.165, 1.54) is 4.90 Å². The van der Waals surface area contributed by atoms with E-state index >= 15 is 0 Å². The van der Waals surface area contributed by atoms with Gasteiger partial charge in [0.25, 0.3) is 5.91 Å². The third-order valence-corrected chi connectivity index (χ3v) is 5.58. The maximum Gasteiger partial charge on any atom is 0.436 e. The van der Waals surface area contributed by atoms with Crippen molar-refractivity contribution in [1.29, 1.82) is 0 Å². The van der Waals surface area contributed by atoms with Gasteiger partial charge in [-0.25, -0.2) is 4.79 Å². The first-order valence-electron chi connectivity index (χ1n) is 10.3. The predicted molar refractivity (Wildman–Crippen MR) is 111 cm³/mol. The summed E-state index contributed by atoms with van der Waals surface area (Å²) in [6.45, 7) is 2.12. The van der Waals surface area contributed by atoms with Gasteiger partial charge >= 0.3 is 6.09 Å². The molecule has 2 atom stereocenters. The number of nitrogens with zero attached hydrogens (tertiary/aromatic N) is 3. The van der Waals surface area contributed by atoms with Crippen LogP contribution in [-0.2, 0) is 32.2 Å². The average Bonchev–Trinajstić information content (AvgIpc) is 2.80. The number of amides is 3. The van der Waals surface area contributed by atoms with Crippen LogP contribution in [0.1, 0.15) is 18.1 Å². The average molecular weight is 423 g/mol. The lowest BCUT2D eigenvalue weighted by molar-refractivity contribution is -0.242. The Morgan fingerprint density at radius 3 is 2.35 bits per heavy atom. The number of carbonyl (C=O) groups excluding carboxylic acids is 3. The molecule has 31 heavy (non-hydrogen) atoms. The Morgan fingerprint density at radius 1 is 1.03 bits per heavy atom. The lowest BCUT2D eigenvalue weighted by atomic mass is 10.1. The topological polar surface area (TPSA) is 79.4 Å². The molecule has 2 aromatic carbocycles. The molecule has 2 unspecified atom stereocenters. The van der Waals surface area contributed by atoms with E-state index in [0.717, 1.165) is 16.2 Å². The number of hydrogen-bond donors (Lipinski definition) is 0. The fraction of sp³-hybridized carbons (Fsp3) is 0.348. The van der Waals surface area contributed by atoms with Crippen molar-refractivity contribution in [2.24, 2.45) is 0 Å². The molecular weight excluding hydrogens is 398 g/mol. The Morgan fingerprint density at radius 2 is 1.68 bits per heavy atom. The number of hydroxylamine groups is 2. The summed E-state index contributed by atoms with van der Waals surface area (Å²) in [4.78, 5) is 46.6. The number of piperazine rings is 1. The SMILES string of the molecule is CC1C(=O)N(CCc2ccccc2)CC2N(C(=O)OCc3ccccc3)OCC(=O)N12. The van der Waals surface area contributed by atoms with E-state index in [-0.39, 0.29) is 31.6 Å². The summed E-state index contributed by atoms with van der Waals surface area (Å²) < 4.78 is 5.40. The van der Waals surface area contributed by atoms with Gasteiger partial charge in [-0.3, -0.25) is 14.4 Å². The summed E-state index contributed by atoms with van der Waals surface area (Å²) in [6.07, 6.45) is -0.733. The van der Waals surface area contributed by atoms with Crippen LogP contribution in [0.25, 0.3) is 0 Å². The van der Waals surface area contributed by atoms with E-state index in [1.54, 1.807) is 11.8 Å². The summed E-state index contributed by atoms with van der Waals surface area (Å²) in [7, 11) is 0. The normalized spacial score (nSPS) is 21.1. The second kappa shape index (κ2) is 9.18. The van der Waals surface area contributed by atoms with E-state index in [9.17, 15) is 14.4 Å². The molecule has 2 fully saturated rings. The van der Waals surface area contributed by atoms with E-state index in [2.05, 4.69) is 0 Å². The standard InChI is InChI=1S/C23H25N3O5/c1-17-22(28)24(13-12-18-8-4-2-5-9-18)14-20-25(17)21(27)16-31-26(20)23(29)30-15-19-10-6-3-7-11-19/h2-11,17,20H,12-16H2,1H3. The molecule has 0 aliphatic carbocycles. The Hall–Kier alpha value is -3.39. The van der Waals surface area contributed by atoms with Gasteiger partial charge in [-0.05, 0) is 24.5 Å². The molecule has 4 rings (SSSR count). The molecule has 0 bridgehead atoms. The van der Waals surface area contributed by atoms with Crippen LogP contribution < -0.4 is 0 Å². The van der Waals surface area contributed by atoms with Crippen molar-refractivity contribution >= 4 is 17.9 Å². The third-order valence-electron chi connectivity index (χ3n) is 5.58. The first kappa shape index (κ1) is 20.9. The largest absolute Gasteiger partial charge is 0.443 e. The zero-order valence-corrected chi connectivity index (χ0v) is 17.3. The van der Waals surface area contributed by atoms with Crippen molar-refractivity contribution in [2.45, 2.75) is 32.2 Å². The van der Waals surface area contributed by atoms with Crippen LogP contribution >= 0.6 is 0 Å². The minimum Gasteiger partial charge on any atom is -0.443 e. The highest BCUT2D eigenvalue weighted by atomic mass is 16.7. The van der Waals surface area contributed by atoms with Crippen LogP contribution in [0, 0.1) is 0 Å². The fourth-order valence-corrected chi connectivity index (χ4v) is 3.94. The van der Waals surface area contributed by atoms with E-state index in [4.69, 9.17) is 9.57 Å². The zero-order valence-electron chi connectivity index (χ0n) is 17.3. The van der Waals surface area contributed by atoms with Gasteiger partial charge in [0.05, 0.1) is 6.54 Å². The van der Waals surface area contributed by atoms with Gasteiger partial charge in [0.15, 0.2) is 12.8 Å². The molecule has 2 saturated heterocycles. The van der Waals surface area contributed by atoms with E-state index in [0.29, 0.717) is 13.0 Å². The van der Waals surface area contributed by atoms with Gasteiger partial charge in [0, 0.05) is 6.54 Å². The second-order valence-corrected chi connectivity index (χ2v) is 7.62. The highest BCUT2D eigenvalue weighted by Crippen LogP contribution is 2.25. The molecule has 0 aromatic heterocycles. The third kappa shape index (κ3) is 4.54. The molecule has 3 amide bonds. The summed E-state index contributed by atoms with van der Waals surface area (Å²) >= 11 is 0. The lowest BCUT2D eigenvalue weighted by Crippen LogP contribution is -2.71. The predicted octanol–water partition coefficient (Wildman–Crippen LogP) is 2.20. The Balaban J connectivity index is 1.46. The van der Waals surface area contributed by atoms with Crippen molar-refractivity contribution in [2.75, 3.05) is 19.7 Å². The molecule has 162 valence electrons. The van der Waals surface area contributed by atoms with Crippen molar-refractivity contribution in [1.82, 2.24) is 14.9 Å². The number of carbonyl (C=O) groups is 3. The fourth-order valence-electron chi connectivity index (χ4n) is 3.94. The number of rotatable bonds is 5. The van der Waals surface area contributed by atoms with Gasteiger partial charge in [-0.15, -0.1) is 0 Å².